The molecule has 9 heteroatoms. The number of carbonyl (C=O) groups excluding carboxylic acids is 2. The monoisotopic (exact) mass is 459 g/mol. The molecule has 5 nitrogen and oxygen atoms in total. The number of rotatable bonds is 5. The number of nitrogens with one attached hydrogen (secondary N) is 1. The van der Waals surface area contributed by atoms with E-state index in [2.05, 4.69) is 10.3 Å². The number of hydrogen-bond donors (Lipinski definition) is 1. The Bertz CT molecular complexity index is 1110. The summed E-state index contributed by atoms with van der Waals surface area (Å²) in [6, 6.07) is 13.5. The maximum Gasteiger partial charge on any atom is 0.417 e. The first kappa shape index (κ1) is 22.0. The van der Waals surface area contributed by atoms with Gasteiger partial charge >= 0.3 is 6.18 Å². The first-order valence-electron chi connectivity index (χ1n) is 10.1. The van der Waals surface area contributed by atoms with Gasteiger partial charge < -0.3 is 10.2 Å². The van der Waals surface area contributed by atoms with Crippen molar-refractivity contribution in [2.45, 2.75) is 31.6 Å². The predicted molar refractivity (Wildman–Crippen MR) is 115 cm³/mol. The number of thiazole rings is 1. The number of carbonyl (C=O) groups is 2. The minimum atomic E-state index is -4.65. The van der Waals surface area contributed by atoms with E-state index in [1.807, 2.05) is 35.7 Å². The number of amides is 2. The summed E-state index contributed by atoms with van der Waals surface area (Å²) in [7, 11) is 0. The summed E-state index contributed by atoms with van der Waals surface area (Å²) < 4.78 is 40.0. The lowest BCUT2D eigenvalue weighted by Crippen LogP contribution is -2.46. The van der Waals surface area contributed by atoms with Gasteiger partial charge in [0.05, 0.1) is 23.4 Å². The van der Waals surface area contributed by atoms with Gasteiger partial charge in [-0.25, -0.2) is 4.98 Å². The van der Waals surface area contributed by atoms with Gasteiger partial charge in [0.15, 0.2) is 0 Å². The van der Waals surface area contributed by atoms with Gasteiger partial charge in [0, 0.05) is 17.5 Å². The molecule has 1 aromatic heterocycles. The third-order valence-corrected chi connectivity index (χ3v) is 6.24. The highest BCUT2D eigenvalue weighted by molar-refractivity contribution is 7.13. The average molecular weight is 459 g/mol. The standard InChI is InChI=1S/C23H20F3N3O2S/c24-23(25,26)18-10-5-4-9-17(18)22(31)29-12-6-11-19(29)20(30)27-13-16-14-32-21(28-16)15-7-2-1-3-8-15/h1-5,7-10,14,19H,6,11-13H2,(H,27,30)/t19-/m1/s1. The molecule has 1 N–H and O–H groups in total. The molecule has 1 fully saturated rings. The molecule has 1 saturated heterocycles. The molecule has 2 amide bonds. The van der Waals surface area contributed by atoms with E-state index >= 15 is 0 Å². The SMILES string of the molecule is O=C(NCc1csc(-c2ccccc2)n1)[C@H]1CCCN1C(=O)c1ccccc1C(F)(F)F. The molecule has 1 aliphatic heterocycles. The van der Waals surface area contributed by atoms with Crippen LogP contribution >= 0.6 is 11.3 Å². The van der Waals surface area contributed by atoms with Gasteiger partial charge in [0.25, 0.3) is 5.91 Å². The molecule has 0 unspecified atom stereocenters. The third-order valence-electron chi connectivity index (χ3n) is 5.30. The van der Waals surface area contributed by atoms with Crippen LogP contribution in [0.5, 0.6) is 0 Å². The molecule has 3 aromatic rings. The fourth-order valence-corrected chi connectivity index (χ4v) is 4.58. The van der Waals surface area contributed by atoms with Crippen molar-refractivity contribution in [2.75, 3.05) is 6.54 Å². The minimum absolute atomic E-state index is 0.180. The Labute approximate surface area is 186 Å². The third kappa shape index (κ3) is 4.67. The molecule has 0 spiro atoms. The highest BCUT2D eigenvalue weighted by atomic mass is 32.1. The number of benzene rings is 2. The first-order chi connectivity index (χ1) is 15.3. The largest absolute Gasteiger partial charge is 0.417 e. The fourth-order valence-electron chi connectivity index (χ4n) is 3.75. The number of likely N-dealkylation sites (tertiary alicyclic amines) is 1. The Morgan fingerprint density at radius 1 is 1.09 bits per heavy atom. The minimum Gasteiger partial charge on any atom is -0.349 e. The Kier molecular flexibility index (Phi) is 6.27. The normalized spacial score (nSPS) is 16.2. The van der Waals surface area contributed by atoms with Crippen LogP contribution in [0.3, 0.4) is 0 Å². The molecule has 2 heterocycles. The molecule has 0 saturated carbocycles. The number of alkyl halides is 3. The molecule has 0 bridgehead atoms. The van der Waals surface area contributed by atoms with Crippen molar-refractivity contribution in [1.82, 2.24) is 15.2 Å². The van der Waals surface area contributed by atoms with Crippen molar-refractivity contribution in [3.63, 3.8) is 0 Å². The van der Waals surface area contributed by atoms with Crippen LogP contribution in [0.2, 0.25) is 0 Å². The van der Waals surface area contributed by atoms with Crippen molar-refractivity contribution < 1.29 is 22.8 Å². The quantitative estimate of drug-likeness (QED) is 0.599. The molecule has 1 aliphatic rings. The summed E-state index contributed by atoms with van der Waals surface area (Å²) in [5, 5.41) is 5.45. The lowest BCUT2D eigenvalue weighted by atomic mass is 10.1. The summed E-state index contributed by atoms with van der Waals surface area (Å²) >= 11 is 1.46. The summed E-state index contributed by atoms with van der Waals surface area (Å²) in [5.41, 5.74) is 0.227. The van der Waals surface area contributed by atoms with Crippen LogP contribution in [-0.4, -0.2) is 34.3 Å². The number of hydrogen-bond acceptors (Lipinski definition) is 4. The topological polar surface area (TPSA) is 62.3 Å². The fraction of sp³-hybridized carbons (Fsp3) is 0.261. The van der Waals surface area contributed by atoms with Crippen LogP contribution in [0.1, 0.15) is 34.5 Å². The first-order valence-corrected chi connectivity index (χ1v) is 11.0. The molecule has 1 atom stereocenters. The van der Waals surface area contributed by atoms with Crippen LogP contribution in [0, 0.1) is 0 Å². The van der Waals surface area contributed by atoms with Gasteiger partial charge in [-0.3, -0.25) is 9.59 Å². The maximum atomic E-state index is 13.3. The molecule has 0 aliphatic carbocycles. The lowest BCUT2D eigenvalue weighted by molar-refractivity contribution is -0.138. The van der Waals surface area contributed by atoms with Crippen LogP contribution in [0.25, 0.3) is 10.6 Å². The van der Waals surface area contributed by atoms with Crippen molar-refractivity contribution in [3.8, 4) is 10.6 Å². The molecular formula is C23H20F3N3O2S. The highest BCUT2D eigenvalue weighted by Gasteiger charge is 2.39. The predicted octanol–water partition coefficient (Wildman–Crippen LogP) is 4.75. The second-order valence-corrected chi connectivity index (χ2v) is 8.29. The lowest BCUT2D eigenvalue weighted by Gasteiger charge is -2.25. The van der Waals surface area contributed by atoms with Gasteiger partial charge in [0.2, 0.25) is 5.91 Å². The van der Waals surface area contributed by atoms with Crippen LogP contribution in [0.4, 0.5) is 13.2 Å². The van der Waals surface area contributed by atoms with Gasteiger partial charge in [-0.2, -0.15) is 13.2 Å². The zero-order chi connectivity index (χ0) is 22.7. The molecule has 2 aromatic carbocycles. The van der Waals surface area contributed by atoms with Crippen LogP contribution in [-0.2, 0) is 17.5 Å². The van der Waals surface area contributed by atoms with Gasteiger partial charge in [0.1, 0.15) is 11.0 Å². The van der Waals surface area contributed by atoms with E-state index in [9.17, 15) is 22.8 Å². The van der Waals surface area contributed by atoms with Crippen LogP contribution in [0.15, 0.2) is 60.0 Å². The van der Waals surface area contributed by atoms with Crippen molar-refractivity contribution >= 4 is 23.2 Å². The summed E-state index contributed by atoms with van der Waals surface area (Å²) in [6.07, 6.45) is -3.70. The van der Waals surface area contributed by atoms with Crippen molar-refractivity contribution in [2.24, 2.45) is 0 Å². The van der Waals surface area contributed by atoms with E-state index < -0.39 is 35.2 Å². The Morgan fingerprint density at radius 2 is 1.81 bits per heavy atom. The zero-order valence-electron chi connectivity index (χ0n) is 16.9. The van der Waals surface area contributed by atoms with E-state index in [0.717, 1.165) is 22.7 Å². The highest BCUT2D eigenvalue weighted by Crippen LogP contribution is 2.33. The van der Waals surface area contributed by atoms with E-state index in [1.165, 1.54) is 28.4 Å². The van der Waals surface area contributed by atoms with E-state index in [1.54, 1.807) is 0 Å². The Balaban J connectivity index is 1.43. The van der Waals surface area contributed by atoms with Crippen molar-refractivity contribution in [1.29, 1.82) is 0 Å². The second-order valence-electron chi connectivity index (χ2n) is 7.43. The van der Waals surface area contributed by atoms with E-state index in [-0.39, 0.29) is 13.1 Å². The smallest absolute Gasteiger partial charge is 0.349 e. The summed E-state index contributed by atoms with van der Waals surface area (Å²) in [6.45, 7) is 0.414. The van der Waals surface area contributed by atoms with Gasteiger partial charge in [-0.15, -0.1) is 11.3 Å². The zero-order valence-corrected chi connectivity index (χ0v) is 17.7. The molecular weight excluding hydrogens is 439 g/mol. The molecule has 166 valence electrons. The van der Waals surface area contributed by atoms with Gasteiger partial charge in [-0.05, 0) is 25.0 Å². The number of aromatic nitrogens is 1. The molecule has 0 radical (unpaired) electrons. The maximum absolute atomic E-state index is 13.3. The Morgan fingerprint density at radius 3 is 2.56 bits per heavy atom. The number of halogens is 3. The average Bonchev–Trinajstić information content (AvgIpc) is 3.47. The van der Waals surface area contributed by atoms with E-state index in [0.29, 0.717) is 18.5 Å². The number of nitrogens with zero attached hydrogens (tertiary/aromatic N) is 2. The van der Waals surface area contributed by atoms with E-state index in [4.69, 9.17) is 0 Å². The molecule has 32 heavy (non-hydrogen) atoms. The van der Waals surface area contributed by atoms with Crippen LogP contribution < -0.4 is 5.32 Å². The second kappa shape index (κ2) is 9.12. The van der Waals surface area contributed by atoms with Gasteiger partial charge in [-0.1, -0.05) is 42.5 Å². The summed E-state index contributed by atoms with van der Waals surface area (Å²) in [5.74, 6) is -1.18. The Hall–Kier alpha value is -3.20. The summed E-state index contributed by atoms with van der Waals surface area (Å²) in [4.78, 5) is 31.4. The molecule has 4 rings (SSSR count). The van der Waals surface area contributed by atoms with Crippen molar-refractivity contribution in [3.05, 3.63) is 76.8 Å².